The van der Waals surface area contributed by atoms with E-state index < -0.39 is 0 Å². The summed E-state index contributed by atoms with van der Waals surface area (Å²) < 4.78 is 10.7. The molecule has 1 aliphatic heterocycles. The van der Waals surface area contributed by atoms with Crippen molar-refractivity contribution >= 4 is 5.97 Å². The number of fused-ring (bicyclic) bond motifs is 4. The Morgan fingerprint density at radius 2 is 2.22 bits per heavy atom. The van der Waals surface area contributed by atoms with E-state index in [4.69, 9.17) is 9.15 Å². The van der Waals surface area contributed by atoms with E-state index in [1.807, 2.05) is 12.3 Å². The van der Waals surface area contributed by atoms with E-state index >= 15 is 0 Å². The predicted octanol–water partition coefficient (Wildman–Crippen LogP) is 4.49. The van der Waals surface area contributed by atoms with Crippen molar-refractivity contribution in [2.24, 2.45) is 5.92 Å². The minimum absolute atomic E-state index is 0.0940. The summed E-state index contributed by atoms with van der Waals surface area (Å²) in [6, 6.07) is 8.69. The molecule has 1 aliphatic carbocycles. The van der Waals surface area contributed by atoms with Gasteiger partial charge in [-0.3, -0.25) is 4.90 Å². The summed E-state index contributed by atoms with van der Waals surface area (Å²) in [7, 11) is 0. The third-order valence-corrected chi connectivity index (χ3v) is 6.62. The molecule has 0 radical (unpaired) electrons. The molecule has 1 fully saturated rings. The Morgan fingerprint density at radius 3 is 2.93 bits per heavy atom. The second-order valence-corrected chi connectivity index (χ2v) is 8.32. The zero-order valence-electron chi connectivity index (χ0n) is 16.3. The zero-order chi connectivity index (χ0) is 19.2. The van der Waals surface area contributed by atoms with Crippen molar-refractivity contribution in [2.45, 2.75) is 51.6 Å². The average Bonchev–Trinajstić information content (AvgIpc) is 3.14. The van der Waals surface area contributed by atoms with E-state index in [1.165, 1.54) is 16.7 Å². The molecule has 4 nitrogen and oxygen atoms in total. The highest BCUT2D eigenvalue weighted by Crippen LogP contribution is 2.49. The third-order valence-electron chi connectivity index (χ3n) is 6.62. The van der Waals surface area contributed by atoms with Crippen LogP contribution >= 0.6 is 0 Å². The fourth-order valence-corrected chi connectivity index (χ4v) is 4.76. The van der Waals surface area contributed by atoms with Gasteiger partial charge in [0.1, 0.15) is 5.75 Å². The van der Waals surface area contributed by atoms with E-state index in [2.05, 4.69) is 43.5 Å². The molecule has 142 valence electrons. The molecule has 0 unspecified atom stereocenters. The SMILES string of the molecule is C=C(C)C(=O)Oc1ccc2c(c1)[C@]1(C)CCN(Cc3ccoc3)[C@@H](C2)[C@H]1C. The van der Waals surface area contributed by atoms with Crippen LogP contribution in [0.1, 0.15) is 43.9 Å². The molecule has 2 bridgehead atoms. The molecule has 0 spiro atoms. The lowest BCUT2D eigenvalue weighted by Gasteiger charge is -2.54. The first-order valence-electron chi connectivity index (χ1n) is 9.64. The van der Waals surface area contributed by atoms with Crippen LogP contribution in [0.25, 0.3) is 0 Å². The molecule has 0 amide bonds. The van der Waals surface area contributed by atoms with Gasteiger partial charge < -0.3 is 9.15 Å². The normalized spacial score (nSPS) is 27.1. The summed E-state index contributed by atoms with van der Waals surface area (Å²) in [5.74, 6) is 0.781. The fourth-order valence-electron chi connectivity index (χ4n) is 4.76. The average molecular weight is 365 g/mol. The summed E-state index contributed by atoms with van der Waals surface area (Å²) in [6.07, 6.45) is 5.71. The Labute approximate surface area is 160 Å². The van der Waals surface area contributed by atoms with Gasteiger partial charge in [-0.2, -0.15) is 0 Å². The minimum atomic E-state index is -0.364. The molecule has 4 rings (SSSR count). The minimum Gasteiger partial charge on any atom is -0.472 e. The van der Waals surface area contributed by atoms with Crippen LogP contribution in [-0.4, -0.2) is 23.5 Å². The molecule has 4 heteroatoms. The van der Waals surface area contributed by atoms with Gasteiger partial charge in [0.25, 0.3) is 0 Å². The van der Waals surface area contributed by atoms with Crippen molar-refractivity contribution in [1.29, 1.82) is 0 Å². The second-order valence-electron chi connectivity index (χ2n) is 8.32. The monoisotopic (exact) mass is 365 g/mol. The lowest BCUT2D eigenvalue weighted by Crippen LogP contribution is -2.57. The molecule has 2 aromatic rings. The lowest BCUT2D eigenvalue weighted by molar-refractivity contribution is -0.130. The van der Waals surface area contributed by atoms with Crippen molar-refractivity contribution in [1.82, 2.24) is 4.90 Å². The van der Waals surface area contributed by atoms with Crippen LogP contribution in [-0.2, 0) is 23.2 Å². The van der Waals surface area contributed by atoms with Crippen molar-refractivity contribution < 1.29 is 13.9 Å². The highest BCUT2D eigenvalue weighted by Gasteiger charge is 2.48. The third kappa shape index (κ3) is 3.12. The Balaban J connectivity index is 1.62. The highest BCUT2D eigenvalue weighted by molar-refractivity contribution is 5.88. The quantitative estimate of drug-likeness (QED) is 0.455. The van der Waals surface area contributed by atoms with Gasteiger partial charge in [-0.25, -0.2) is 4.79 Å². The number of furan rings is 1. The van der Waals surface area contributed by atoms with Crippen LogP contribution in [0.4, 0.5) is 0 Å². The Kier molecular flexibility index (Phi) is 4.47. The standard InChI is InChI=1S/C23H27NO3/c1-15(2)22(25)27-19-6-5-18-11-21-16(3)23(4,20(18)12-19)8-9-24(21)13-17-7-10-26-14-17/h5-7,10,12,14,16,21H,1,8-9,11,13H2,2-4H3/t16-,21+,23-/m1/s1. The summed E-state index contributed by atoms with van der Waals surface area (Å²) in [4.78, 5) is 14.5. The van der Waals surface area contributed by atoms with Gasteiger partial charge in [-0.05, 0) is 67.0 Å². The predicted molar refractivity (Wildman–Crippen MR) is 105 cm³/mol. The second kappa shape index (κ2) is 6.68. The molecule has 2 aliphatic rings. The molecule has 27 heavy (non-hydrogen) atoms. The topological polar surface area (TPSA) is 42.7 Å². The summed E-state index contributed by atoms with van der Waals surface area (Å²) in [5.41, 5.74) is 4.45. The maximum atomic E-state index is 11.9. The number of hydrogen-bond acceptors (Lipinski definition) is 4. The van der Waals surface area contributed by atoms with Gasteiger partial charge in [0.15, 0.2) is 0 Å². The molecule has 2 heterocycles. The number of carbonyl (C=O) groups excluding carboxylic acids is 1. The van der Waals surface area contributed by atoms with Gasteiger partial charge in [0.05, 0.1) is 12.5 Å². The first-order chi connectivity index (χ1) is 12.9. The van der Waals surface area contributed by atoms with Crippen molar-refractivity contribution in [3.63, 3.8) is 0 Å². The van der Waals surface area contributed by atoms with Crippen molar-refractivity contribution in [3.8, 4) is 5.75 Å². The van der Waals surface area contributed by atoms with Crippen LogP contribution in [0.2, 0.25) is 0 Å². The molecule has 0 saturated carbocycles. The van der Waals surface area contributed by atoms with Crippen LogP contribution in [0, 0.1) is 5.92 Å². The van der Waals surface area contributed by atoms with E-state index in [0.717, 1.165) is 25.9 Å². The summed E-state index contributed by atoms with van der Waals surface area (Å²) in [6.45, 7) is 12.1. The number of nitrogens with zero attached hydrogens (tertiary/aromatic N) is 1. The number of hydrogen-bond donors (Lipinski definition) is 0. The molecule has 0 N–H and O–H groups in total. The highest BCUT2D eigenvalue weighted by atomic mass is 16.5. The Morgan fingerprint density at radius 1 is 1.41 bits per heavy atom. The van der Waals surface area contributed by atoms with E-state index in [-0.39, 0.29) is 11.4 Å². The number of rotatable bonds is 4. The van der Waals surface area contributed by atoms with Gasteiger partial charge in [0, 0.05) is 23.7 Å². The van der Waals surface area contributed by atoms with Crippen LogP contribution in [0.15, 0.2) is 53.4 Å². The summed E-state index contributed by atoms with van der Waals surface area (Å²) >= 11 is 0. The number of piperidine rings is 1. The van der Waals surface area contributed by atoms with Crippen molar-refractivity contribution in [3.05, 3.63) is 65.6 Å². The molecule has 1 aromatic carbocycles. The first-order valence-corrected chi connectivity index (χ1v) is 9.64. The van der Waals surface area contributed by atoms with Gasteiger partial charge in [-0.15, -0.1) is 0 Å². The molecule has 3 atom stereocenters. The maximum Gasteiger partial charge on any atom is 0.338 e. The number of ether oxygens (including phenoxy) is 1. The maximum absolute atomic E-state index is 11.9. The van der Waals surface area contributed by atoms with Crippen LogP contribution in [0.5, 0.6) is 5.75 Å². The number of esters is 1. The Bertz CT molecular complexity index is 870. The fraction of sp³-hybridized carbons (Fsp3) is 0.435. The molecule has 1 aromatic heterocycles. The number of likely N-dealkylation sites (tertiary alicyclic amines) is 1. The first kappa shape index (κ1) is 18.1. The molecular weight excluding hydrogens is 338 g/mol. The van der Waals surface area contributed by atoms with Gasteiger partial charge >= 0.3 is 5.97 Å². The smallest absolute Gasteiger partial charge is 0.338 e. The Hall–Kier alpha value is -2.33. The van der Waals surface area contributed by atoms with Crippen LogP contribution in [0.3, 0.4) is 0 Å². The largest absolute Gasteiger partial charge is 0.472 e. The van der Waals surface area contributed by atoms with Gasteiger partial charge in [-0.1, -0.05) is 26.5 Å². The van der Waals surface area contributed by atoms with E-state index in [1.54, 1.807) is 13.2 Å². The molecule has 1 saturated heterocycles. The van der Waals surface area contributed by atoms with Crippen molar-refractivity contribution in [2.75, 3.05) is 6.54 Å². The lowest BCUT2D eigenvalue weighted by atomic mass is 9.59. The van der Waals surface area contributed by atoms with Crippen LogP contribution < -0.4 is 4.74 Å². The zero-order valence-corrected chi connectivity index (χ0v) is 16.3. The summed E-state index contributed by atoms with van der Waals surface area (Å²) in [5, 5.41) is 0. The number of carbonyl (C=O) groups is 1. The van der Waals surface area contributed by atoms with E-state index in [9.17, 15) is 4.79 Å². The van der Waals surface area contributed by atoms with Gasteiger partial charge in [0.2, 0.25) is 0 Å². The number of benzene rings is 1. The molecular formula is C23H27NO3. The van der Waals surface area contributed by atoms with E-state index in [0.29, 0.717) is 23.3 Å².